The molecule has 92 valence electrons. The summed E-state index contributed by atoms with van der Waals surface area (Å²) in [5, 5.41) is 10.3. The summed E-state index contributed by atoms with van der Waals surface area (Å²) < 4.78 is 5.50. The summed E-state index contributed by atoms with van der Waals surface area (Å²) in [5.74, 6) is 0. The second kappa shape index (κ2) is 7.24. The lowest BCUT2D eigenvalue weighted by molar-refractivity contribution is -0.479. The first-order valence-corrected chi connectivity index (χ1v) is 6.42. The van der Waals surface area contributed by atoms with Crippen LogP contribution >= 0.6 is 24.0 Å². The third kappa shape index (κ3) is 5.14. The summed E-state index contributed by atoms with van der Waals surface area (Å²) in [5.41, 5.74) is 0.885. The molecule has 1 atom stereocenters. The van der Waals surface area contributed by atoms with Gasteiger partial charge in [-0.05, 0) is 24.7 Å². The monoisotopic (exact) mass is 271 g/mol. The maximum absolute atomic E-state index is 10.6. The lowest BCUT2D eigenvalue weighted by Gasteiger charge is -2.13. The van der Waals surface area contributed by atoms with E-state index in [2.05, 4.69) is 0 Å². The molecule has 0 aliphatic carbocycles. The number of hydrogen-bond acceptors (Lipinski definition) is 5. The van der Waals surface area contributed by atoms with Crippen LogP contribution in [0.25, 0.3) is 0 Å². The third-order valence-electron chi connectivity index (χ3n) is 1.99. The average molecular weight is 271 g/mol. The smallest absolute Gasteiger partial charge is 0.220 e. The number of rotatable bonds is 5. The Kier molecular flexibility index (Phi) is 5.93. The van der Waals surface area contributed by atoms with Gasteiger partial charge in [0.2, 0.25) is 10.9 Å². The molecule has 0 aliphatic heterocycles. The molecular formula is C11H13NO3S2. The molecule has 1 aromatic rings. The predicted octanol–water partition coefficient (Wildman–Crippen LogP) is 3.06. The number of thioether (sulfide) groups is 1. The minimum absolute atomic E-state index is 0.165. The summed E-state index contributed by atoms with van der Waals surface area (Å²) in [4.78, 5) is 10.3. The van der Waals surface area contributed by atoms with E-state index in [-0.39, 0.29) is 16.7 Å². The number of thiocarbonyl (C=S) groups is 1. The molecule has 0 radical (unpaired) electrons. The first-order valence-electron chi connectivity index (χ1n) is 5.13. The predicted molar refractivity (Wildman–Crippen MR) is 72.9 cm³/mol. The van der Waals surface area contributed by atoms with Crippen molar-refractivity contribution in [3.63, 3.8) is 0 Å². The second-order valence-corrected chi connectivity index (χ2v) is 5.02. The first-order chi connectivity index (χ1) is 8.13. The molecule has 1 unspecified atom stereocenters. The molecule has 6 heteroatoms. The van der Waals surface area contributed by atoms with E-state index in [1.54, 1.807) is 0 Å². The molecule has 0 N–H and O–H groups in total. The zero-order valence-electron chi connectivity index (χ0n) is 9.37. The Labute approximate surface area is 110 Å². The number of hydrogen-bond donors (Lipinski definition) is 0. The molecule has 1 rings (SSSR count). The molecule has 0 spiro atoms. The summed E-state index contributed by atoms with van der Waals surface area (Å²) in [6, 6.07) is 9.29. The maximum atomic E-state index is 10.6. The number of benzene rings is 1. The number of nitro groups is 1. The molecule has 0 saturated heterocycles. The normalized spacial score (nSPS) is 11.8. The lowest BCUT2D eigenvalue weighted by Crippen LogP contribution is -2.12. The second-order valence-electron chi connectivity index (χ2n) is 3.22. The average Bonchev–Trinajstić information content (AvgIpc) is 2.29. The van der Waals surface area contributed by atoms with Crippen molar-refractivity contribution in [2.75, 3.05) is 13.2 Å². The van der Waals surface area contributed by atoms with E-state index in [0.29, 0.717) is 11.0 Å². The maximum Gasteiger partial charge on any atom is 0.220 e. The zero-order valence-corrected chi connectivity index (χ0v) is 11.0. The van der Waals surface area contributed by atoms with Crippen molar-refractivity contribution in [2.24, 2.45) is 0 Å². The van der Waals surface area contributed by atoms with Gasteiger partial charge in [-0.25, -0.2) is 0 Å². The Morgan fingerprint density at radius 1 is 1.53 bits per heavy atom. The third-order valence-corrected chi connectivity index (χ3v) is 3.41. The molecular weight excluding hydrogens is 258 g/mol. The number of nitrogens with zero attached hydrogens (tertiary/aromatic N) is 1. The van der Waals surface area contributed by atoms with Crippen molar-refractivity contribution in [3.8, 4) is 0 Å². The lowest BCUT2D eigenvalue weighted by atomic mass is 10.1. The minimum Gasteiger partial charge on any atom is -0.479 e. The van der Waals surface area contributed by atoms with Gasteiger partial charge in [0.25, 0.3) is 0 Å². The van der Waals surface area contributed by atoms with E-state index >= 15 is 0 Å². The van der Waals surface area contributed by atoms with Gasteiger partial charge >= 0.3 is 0 Å². The minimum atomic E-state index is -0.334. The van der Waals surface area contributed by atoms with Crippen molar-refractivity contribution in [1.29, 1.82) is 0 Å². The van der Waals surface area contributed by atoms with Crippen molar-refractivity contribution in [3.05, 3.63) is 46.0 Å². The molecule has 0 amide bonds. The largest absolute Gasteiger partial charge is 0.479 e. The van der Waals surface area contributed by atoms with E-state index < -0.39 is 0 Å². The molecule has 4 nitrogen and oxygen atoms in total. The summed E-state index contributed by atoms with van der Waals surface area (Å²) in [6.45, 7) is 2.14. The molecule has 0 aliphatic rings. The standard InChI is InChI=1S/C11H13NO3S2/c1-2-15-11(16)17-10(8-12(13)14)9-6-4-3-5-7-9/h3-7,10H,2,8H2,1H3. The van der Waals surface area contributed by atoms with Gasteiger partial charge in [0, 0.05) is 4.92 Å². The highest BCUT2D eigenvalue weighted by Gasteiger charge is 2.20. The van der Waals surface area contributed by atoms with Crippen molar-refractivity contribution < 1.29 is 9.66 Å². The highest BCUT2D eigenvalue weighted by atomic mass is 32.2. The SMILES string of the molecule is CCOC(=S)SC(C[N+](=O)[O-])c1ccccc1. The Balaban J connectivity index is 2.74. The molecule has 0 bridgehead atoms. The Morgan fingerprint density at radius 2 is 2.18 bits per heavy atom. The van der Waals surface area contributed by atoms with Crippen LogP contribution in [0, 0.1) is 10.1 Å². The molecule has 0 saturated carbocycles. The topological polar surface area (TPSA) is 52.4 Å². The van der Waals surface area contributed by atoms with Crippen molar-refractivity contribution >= 4 is 28.4 Å². The van der Waals surface area contributed by atoms with Gasteiger partial charge in [-0.1, -0.05) is 42.1 Å². The molecule has 0 heterocycles. The molecule has 0 aromatic heterocycles. The zero-order chi connectivity index (χ0) is 12.7. The van der Waals surface area contributed by atoms with Gasteiger partial charge in [-0.2, -0.15) is 0 Å². The van der Waals surface area contributed by atoms with E-state index in [0.717, 1.165) is 5.56 Å². The quantitative estimate of drug-likeness (QED) is 0.468. The van der Waals surface area contributed by atoms with Gasteiger partial charge in [-0.15, -0.1) is 0 Å². The summed E-state index contributed by atoms with van der Waals surface area (Å²) >= 11 is 6.22. The van der Waals surface area contributed by atoms with Crippen LogP contribution < -0.4 is 0 Å². The van der Waals surface area contributed by atoms with Crippen LogP contribution in [0.3, 0.4) is 0 Å². The van der Waals surface area contributed by atoms with Gasteiger partial charge in [-0.3, -0.25) is 10.1 Å². The highest BCUT2D eigenvalue weighted by Crippen LogP contribution is 2.30. The Morgan fingerprint density at radius 3 is 2.71 bits per heavy atom. The Bertz CT molecular complexity index is 384. The highest BCUT2D eigenvalue weighted by molar-refractivity contribution is 8.22. The Hall–Kier alpha value is -1.14. The van der Waals surface area contributed by atoms with Gasteiger partial charge in [0.15, 0.2) is 0 Å². The fourth-order valence-electron chi connectivity index (χ4n) is 1.28. The van der Waals surface area contributed by atoms with Crippen molar-refractivity contribution in [2.45, 2.75) is 12.2 Å². The van der Waals surface area contributed by atoms with Gasteiger partial charge in [0.1, 0.15) is 5.25 Å². The van der Waals surface area contributed by atoms with Crippen LogP contribution in [0.5, 0.6) is 0 Å². The van der Waals surface area contributed by atoms with Crippen LogP contribution in [0.15, 0.2) is 30.3 Å². The summed E-state index contributed by atoms with van der Waals surface area (Å²) in [7, 11) is 0. The van der Waals surface area contributed by atoms with Gasteiger partial charge < -0.3 is 4.74 Å². The van der Waals surface area contributed by atoms with Crippen LogP contribution in [-0.2, 0) is 4.74 Å². The van der Waals surface area contributed by atoms with Crippen LogP contribution in [-0.4, -0.2) is 22.5 Å². The van der Waals surface area contributed by atoms with E-state index in [1.807, 2.05) is 37.3 Å². The van der Waals surface area contributed by atoms with Crippen LogP contribution in [0.2, 0.25) is 0 Å². The van der Waals surface area contributed by atoms with E-state index in [9.17, 15) is 10.1 Å². The molecule has 0 fully saturated rings. The first kappa shape index (κ1) is 13.9. The molecule has 1 aromatic carbocycles. The van der Waals surface area contributed by atoms with E-state index in [4.69, 9.17) is 17.0 Å². The fourth-order valence-corrected chi connectivity index (χ4v) is 2.66. The van der Waals surface area contributed by atoms with Crippen LogP contribution in [0.1, 0.15) is 17.7 Å². The fraction of sp³-hybridized carbons (Fsp3) is 0.364. The molecule has 17 heavy (non-hydrogen) atoms. The van der Waals surface area contributed by atoms with E-state index in [1.165, 1.54) is 11.8 Å². The number of ether oxygens (including phenoxy) is 1. The van der Waals surface area contributed by atoms with Gasteiger partial charge in [0.05, 0.1) is 6.61 Å². The van der Waals surface area contributed by atoms with Crippen LogP contribution in [0.4, 0.5) is 0 Å². The van der Waals surface area contributed by atoms with Crippen molar-refractivity contribution in [1.82, 2.24) is 0 Å². The summed E-state index contributed by atoms with van der Waals surface area (Å²) in [6.07, 6.45) is 0.